The average Bonchev–Trinajstić information content (AvgIpc) is 3.44. The van der Waals surface area contributed by atoms with Crippen molar-refractivity contribution in [3.63, 3.8) is 0 Å². The number of aromatic nitrogens is 2. The molecule has 0 aliphatic carbocycles. The van der Waals surface area contributed by atoms with Crippen LogP contribution in [0.4, 0.5) is 15.8 Å². The molecule has 2 aromatic carbocycles. The van der Waals surface area contributed by atoms with E-state index in [1.807, 2.05) is 0 Å². The normalized spacial score (nSPS) is 10.8. The van der Waals surface area contributed by atoms with E-state index >= 15 is 0 Å². The molecular formula is C22H15Cl2FN4O5. The number of hydrogen-bond donors (Lipinski definition) is 1. The number of rotatable bonds is 8. The lowest BCUT2D eigenvalue weighted by atomic mass is 10.2. The van der Waals surface area contributed by atoms with E-state index in [0.29, 0.717) is 23.6 Å². The number of nitrogens with one attached hydrogen (secondary N) is 1. The number of benzene rings is 2. The number of halogens is 3. The number of ether oxygens (including phenoxy) is 1. The Morgan fingerprint density at radius 1 is 1.18 bits per heavy atom. The molecule has 4 rings (SSSR count). The van der Waals surface area contributed by atoms with Crippen molar-refractivity contribution in [1.29, 1.82) is 0 Å². The topological polar surface area (TPSA) is 112 Å². The standard InChI is InChI=1S/C22H15Cl2FN4O5/c23-18-7-14(25)2-1-13(18)10-28-11-15(9-26-28)27-22(30)21-6-4-17(34-21)12-33-20-5-3-16(29(31)32)8-19(20)24/h1-9,11H,10,12H2,(H,27,30). The number of furan rings is 1. The molecule has 12 heteroatoms. The first kappa shape index (κ1) is 23.3. The van der Waals surface area contributed by atoms with Gasteiger partial charge in [0, 0.05) is 23.4 Å². The second-order valence-electron chi connectivity index (χ2n) is 7.04. The van der Waals surface area contributed by atoms with E-state index in [9.17, 15) is 19.3 Å². The molecule has 174 valence electrons. The Labute approximate surface area is 201 Å². The molecular weight excluding hydrogens is 490 g/mol. The molecule has 0 aliphatic heterocycles. The van der Waals surface area contributed by atoms with Gasteiger partial charge in [0.25, 0.3) is 11.6 Å². The van der Waals surface area contributed by atoms with Crippen molar-refractivity contribution in [2.45, 2.75) is 13.2 Å². The first-order valence-electron chi connectivity index (χ1n) is 9.71. The van der Waals surface area contributed by atoms with Crippen LogP contribution in [0.15, 0.2) is 65.3 Å². The Bertz CT molecular complexity index is 1370. The molecule has 0 saturated heterocycles. The minimum absolute atomic E-state index is 0.0405. The van der Waals surface area contributed by atoms with E-state index in [1.54, 1.807) is 23.0 Å². The summed E-state index contributed by atoms with van der Waals surface area (Å²) in [5.41, 5.74) is 0.946. The predicted molar refractivity (Wildman–Crippen MR) is 122 cm³/mol. The van der Waals surface area contributed by atoms with Crippen molar-refractivity contribution in [3.05, 3.63) is 104 Å². The summed E-state index contributed by atoms with van der Waals surface area (Å²) >= 11 is 12.0. The fourth-order valence-corrected chi connectivity index (χ4v) is 3.43. The lowest BCUT2D eigenvalue weighted by Crippen LogP contribution is -2.10. The molecule has 1 N–H and O–H groups in total. The van der Waals surface area contributed by atoms with Gasteiger partial charge in [0.15, 0.2) is 5.76 Å². The minimum atomic E-state index is -0.561. The van der Waals surface area contributed by atoms with Crippen LogP contribution in [0.2, 0.25) is 10.0 Å². The van der Waals surface area contributed by atoms with Crippen molar-refractivity contribution in [1.82, 2.24) is 9.78 Å². The molecule has 2 heterocycles. The van der Waals surface area contributed by atoms with Gasteiger partial charge in [-0.1, -0.05) is 29.3 Å². The largest absolute Gasteiger partial charge is 0.484 e. The number of amides is 1. The van der Waals surface area contributed by atoms with Crippen LogP contribution in [-0.2, 0) is 13.2 Å². The highest BCUT2D eigenvalue weighted by Crippen LogP contribution is 2.29. The van der Waals surface area contributed by atoms with Crippen molar-refractivity contribution in [2.75, 3.05) is 5.32 Å². The van der Waals surface area contributed by atoms with E-state index in [4.69, 9.17) is 32.4 Å². The highest BCUT2D eigenvalue weighted by Gasteiger charge is 2.15. The minimum Gasteiger partial charge on any atom is -0.484 e. The van der Waals surface area contributed by atoms with Crippen LogP contribution in [-0.4, -0.2) is 20.6 Å². The second-order valence-corrected chi connectivity index (χ2v) is 7.86. The number of nitrogens with zero attached hydrogens (tertiary/aromatic N) is 3. The van der Waals surface area contributed by atoms with Crippen molar-refractivity contribution >= 4 is 40.5 Å². The third-order valence-electron chi connectivity index (χ3n) is 4.62. The third kappa shape index (κ3) is 5.53. The fraction of sp³-hybridized carbons (Fsp3) is 0.0909. The molecule has 1 amide bonds. The summed E-state index contributed by atoms with van der Waals surface area (Å²) in [6.45, 7) is 0.254. The van der Waals surface area contributed by atoms with Crippen LogP contribution in [0.3, 0.4) is 0 Å². The average molecular weight is 505 g/mol. The summed E-state index contributed by atoms with van der Waals surface area (Å²) in [6, 6.07) is 11.0. The zero-order chi connectivity index (χ0) is 24.2. The summed E-state index contributed by atoms with van der Waals surface area (Å²) in [5.74, 6) is -0.299. The third-order valence-corrected chi connectivity index (χ3v) is 5.27. The Kier molecular flexibility index (Phi) is 6.80. The number of carbonyl (C=O) groups excluding carboxylic acids is 1. The molecule has 0 fully saturated rings. The van der Waals surface area contributed by atoms with Crippen LogP contribution in [0.1, 0.15) is 21.9 Å². The van der Waals surface area contributed by atoms with Gasteiger partial charge in [0.2, 0.25) is 0 Å². The van der Waals surface area contributed by atoms with Gasteiger partial charge < -0.3 is 14.5 Å². The SMILES string of the molecule is O=C(Nc1cnn(Cc2ccc(F)cc2Cl)c1)c1ccc(COc2ccc([N+](=O)[O-])cc2Cl)o1. The first-order valence-corrected chi connectivity index (χ1v) is 10.5. The molecule has 0 aliphatic rings. The maximum atomic E-state index is 13.2. The Morgan fingerprint density at radius 3 is 2.74 bits per heavy atom. The van der Waals surface area contributed by atoms with E-state index in [2.05, 4.69) is 10.4 Å². The summed E-state index contributed by atoms with van der Waals surface area (Å²) in [4.78, 5) is 22.7. The molecule has 0 saturated carbocycles. The zero-order valence-corrected chi connectivity index (χ0v) is 18.7. The molecule has 4 aromatic rings. The van der Waals surface area contributed by atoms with Crippen LogP contribution in [0.5, 0.6) is 5.75 Å². The Hall–Kier alpha value is -3.89. The monoisotopic (exact) mass is 504 g/mol. The lowest BCUT2D eigenvalue weighted by molar-refractivity contribution is -0.384. The molecule has 0 radical (unpaired) electrons. The summed E-state index contributed by atoms with van der Waals surface area (Å²) in [7, 11) is 0. The summed E-state index contributed by atoms with van der Waals surface area (Å²) < 4.78 is 25.8. The predicted octanol–water partition coefficient (Wildman–Crippen LogP) is 5.71. The number of nitro benzene ring substituents is 1. The molecule has 9 nitrogen and oxygen atoms in total. The van der Waals surface area contributed by atoms with E-state index < -0.39 is 16.6 Å². The van der Waals surface area contributed by atoms with Gasteiger partial charge in [-0.25, -0.2) is 4.39 Å². The van der Waals surface area contributed by atoms with Crippen molar-refractivity contribution in [2.24, 2.45) is 0 Å². The van der Waals surface area contributed by atoms with Gasteiger partial charge in [-0.05, 0) is 35.9 Å². The number of carbonyl (C=O) groups is 1. The lowest BCUT2D eigenvalue weighted by Gasteiger charge is -2.06. The van der Waals surface area contributed by atoms with Gasteiger partial charge in [-0.2, -0.15) is 5.10 Å². The Morgan fingerprint density at radius 2 is 2.00 bits per heavy atom. The van der Waals surface area contributed by atoms with Gasteiger partial charge in [-0.3, -0.25) is 19.6 Å². The zero-order valence-electron chi connectivity index (χ0n) is 17.2. The fourth-order valence-electron chi connectivity index (χ4n) is 2.98. The number of non-ortho nitro benzene ring substituents is 1. The van der Waals surface area contributed by atoms with E-state index in [1.165, 1.54) is 42.6 Å². The maximum absolute atomic E-state index is 13.2. The number of anilines is 1. The van der Waals surface area contributed by atoms with Gasteiger partial charge in [0.1, 0.15) is 23.9 Å². The van der Waals surface area contributed by atoms with Crippen LogP contribution >= 0.6 is 23.2 Å². The van der Waals surface area contributed by atoms with Gasteiger partial charge >= 0.3 is 0 Å². The molecule has 0 atom stereocenters. The van der Waals surface area contributed by atoms with Crippen LogP contribution in [0.25, 0.3) is 0 Å². The van der Waals surface area contributed by atoms with E-state index in [-0.39, 0.29) is 33.8 Å². The van der Waals surface area contributed by atoms with Gasteiger partial charge in [0.05, 0.1) is 28.4 Å². The van der Waals surface area contributed by atoms with Crippen LogP contribution in [0, 0.1) is 15.9 Å². The quantitative estimate of drug-likeness (QED) is 0.243. The molecule has 0 bridgehead atoms. The number of nitro groups is 1. The van der Waals surface area contributed by atoms with Crippen molar-refractivity contribution < 1.29 is 23.3 Å². The summed E-state index contributed by atoms with van der Waals surface area (Å²) in [6.07, 6.45) is 3.06. The smallest absolute Gasteiger partial charge is 0.291 e. The Balaban J connectivity index is 1.34. The molecule has 34 heavy (non-hydrogen) atoms. The molecule has 0 spiro atoms. The van der Waals surface area contributed by atoms with Crippen molar-refractivity contribution in [3.8, 4) is 5.75 Å². The summed E-state index contributed by atoms with van der Waals surface area (Å²) in [5, 5.41) is 18.0. The van der Waals surface area contributed by atoms with Gasteiger partial charge in [-0.15, -0.1) is 0 Å². The van der Waals surface area contributed by atoms with E-state index in [0.717, 1.165) is 0 Å². The second kappa shape index (κ2) is 9.94. The molecule has 0 unspecified atom stereocenters. The highest BCUT2D eigenvalue weighted by atomic mass is 35.5. The maximum Gasteiger partial charge on any atom is 0.291 e. The highest BCUT2D eigenvalue weighted by molar-refractivity contribution is 6.32. The molecule has 2 aromatic heterocycles. The van der Waals surface area contributed by atoms with Crippen LogP contribution < -0.4 is 10.1 Å². The first-order chi connectivity index (χ1) is 16.3. The number of hydrogen-bond acceptors (Lipinski definition) is 6.